The number of benzene rings is 1. The Morgan fingerprint density at radius 2 is 1.65 bits per heavy atom. The molecule has 0 bridgehead atoms. The van der Waals surface area contributed by atoms with Crippen molar-refractivity contribution in [1.82, 2.24) is 4.98 Å². The third-order valence-corrected chi connectivity index (χ3v) is 3.36. The highest BCUT2D eigenvalue weighted by Gasteiger charge is 2.13. The number of nitrogen functional groups attached to an aromatic ring is 1. The number of pyridine rings is 1. The van der Waals surface area contributed by atoms with Gasteiger partial charge >= 0.3 is 0 Å². The summed E-state index contributed by atoms with van der Waals surface area (Å²) in [5.41, 5.74) is 7.33. The van der Waals surface area contributed by atoms with Gasteiger partial charge in [0, 0.05) is 16.8 Å². The minimum Gasteiger partial charge on any atom is -0.397 e. The highest BCUT2D eigenvalue weighted by atomic mass is 35.5. The van der Waals surface area contributed by atoms with Crippen LogP contribution in [0.15, 0.2) is 24.4 Å². The van der Waals surface area contributed by atoms with Gasteiger partial charge in [-0.05, 0) is 18.2 Å². The molecule has 2 nitrogen and oxygen atoms in total. The Balaban J connectivity index is 2.68. The van der Waals surface area contributed by atoms with Crippen molar-refractivity contribution in [2.24, 2.45) is 0 Å². The minimum absolute atomic E-state index is 0.352. The first-order chi connectivity index (χ1) is 7.99. The molecule has 0 saturated carbocycles. The van der Waals surface area contributed by atoms with Crippen LogP contribution in [0.25, 0.3) is 11.3 Å². The summed E-state index contributed by atoms with van der Waals surface area (Å²) >= 11 is 23.7. The summed E-state index contributed by atoms with van der Waals surface area (Å²) in [7, 11) is 0. The molecule has 1 heterocycles. The first-order valence-corrected chi connectivity index (χ1v) is 6.06. The van der Waals surface area contributed by atoms with Crippen molar-refractivity contribution in [2.45, 2.75) is 0 Å². The molecule has 2 rings (SSSR count). The van der Waals surface area contributed by atoms with Crippen molar-refractivity contribution in [3.05, 3.63) is 44.5 Å². The van der Waals surface area contributed by atoms with Gasteiger partial charge in [-0.15, -0.1) is 0 Å². The van der Waals surface area contributed by atoms with Crippen LogP contribution < -0.4 is 5.73 Å². The van der Waals surface area contributed by atoms with E-state index in [-0.39, 0.29) is 0 Å². The van der Waals surface area contributed by atoms with Crippen LogP contribution in [0.1, 0.15) is 0 Å². The number of nitrogens with zero attached hydrogens (tertiary/aromatic N) is 1. The maximum Gasteiger partial charge on any atom is 0.0948 e. The summed E-state index contributed by atoms with van der Waals surface area (Å²) in [5, 5.41) is 1.63. The predicted octanol–water partition coefficient (Wildman–Crippen LogP) is 4.94. The zero-order valence-electron chi connectivity index (χ0n) is 8.35. The molecule has 0 amide bonds. The lowest BCUT2D eigenvalue weighted by atomic mass is 10.1. The molecule has 2 aromatic rings. The molecule has 0 saturated heterocycles. The van der Waals surface area contributed by atoms with E-state index in [1.54, 1.807) is 18.2 Å². The molecule has 17 heavy (non-hydrogen) atoms. The Labute approximate surface area is 118 Å². The van der Waals surface area contributed by atoms with Gasteiger partial charge < -0.3 is 5.73 Å². The first kappa shape index (κ1) is 12.8. The van der Waals surface area contributed by atoms with Gasteiger partial charge in [0.25, 0.3) is 0 Å². The topological polar surface area (TPSA) is 38.9 Å². The average Bonchev–Trinajstić information content (AvgIpc) is 2.24. The maximum absolute atomic E-state index is 6.09. The van der Waals surface area contributed by atoms with E-state index in [0.29, 0.717) is 37.0 Å². The van der Waals surface area contributed by atoms with Crippen molar-refractivity contribution in [3.63, 3.8) is 0 Å². The summed E-state index contributed by atoms with van der Waals surface area (Å²) in [5.74, 6) is 0. The Morgan fingerprint density at radius 1 is 0.941 bits per heavy atom. The van der Waals surface area contributed by atoms with Crippen molar-refractivity contribution in [3.8, 4) is 11.3 Å². The molecule has 0 aliphatic heterocycles. The largest absolute Gasteiger partial charge is 0.397 e. The number of anilines is 1. The molecular weight excluding hydrogens is 302 g/mol. The molecule has 0 spiro atoms. The van der Waals surface area contributed by atoms with Crippen LogP contribution in [0.2, 0.25) is 20.1 Å². The molecule has 2 N–H and O–H groups in total. The van der Waals surface area contributed by atoms with Gasteiger partial charge in [0.15, 0.2) is 0 Å². The van der Waals surface area contributed by atoms with Gasteiger partial charge in [-0.25, -0.2) is 0 Å². The highest BCUT2D eigenvalue weighted by molar-refractivity contribution is 6.45. The van der Waals surface area contributed by atoms with E-state index in [9.17, 15) is 0 Å². The number of hydrogen-bond acceptors (Lipinski definition) is 2. The second-order valence-corrected chi connectivity index (χ2v) is 5.00. The van der Waals surface area contributed by atoms with E-state index in [1.807, 2.05) is 0 Å². The number of nitrogens with two attached hydrogens (primary N) is 1. The van der Waals surface area contributed by atoms with Gasteiger partial charge in [0.05, 0.1) is 26.4 Å². The van der Waals surface area contributed by atoms with Crippen LogP contribution in [0, 0.1) is 0 Å². The molecule has 1 aromatic carbocycles. The molecule has 88 valence electrons. The number of aromatic nitrogens is 1. The standard InChI is InChI=1S/C11H6Cl4N2/c12-5-1-7(10(15)8(14)2-5)11-9(16)3-6(13)4-17-11/h1-4H,16H2. The zero-order chi connectivity index (χ0) is 12.6. The monoisotopic (exact) mass is 306 g/mol. The van der Waals surface area contributed by atoms with Crippen molar-refractivity contribution >= 4 is 52.1 Å². The second kappa shape index (κ2) is 4.91. The van der Waals surface area contributed by atoms with Crippen LogP contribution in [0.5, 0.6) is 0 Å². The Kier molecular flexibility index (Phi) is 3.69. The number of rotatable bonds is 1. The molecule has 0 unspecified atom stereocenters. The predicted molar refractivity (Wildman–Crippen MR) is 74.1 cm³/mol. The van der Waals surface area contributed by atoms with E-state index in [1.165, 1.54) is 6.20 Å². The van der Waals surface area contributed by atoms with Gasteiger partial charge in [-0.1, -0.05) is 46.4 Å². The van der Waals surface area contributed by atoms with E-state index in [4.69, 9.17) is 52.1 Å². The van der Waals surface area contributed by atoms with Gasteiger partial charge in [-0.2, -0.15) is 0 Å². The van der Waals surface area contributed by atoms with Crippen molar-refractivity contribution in [1.29, 1.82) is 0 Å². The second-order valence-electron chi connectivity index (χ2n) is 3.34. The fourth-order valence-electron chi connectivity index (χ4n) is 1.41. The maximum atomic E-state index is 6.09. The van der Waals surface area contributed by atoms with Crippen LogP contribution in [-0.4, -0.2) is 4.98 Å². The quantitative estimate of drug-likeness (QED) is 0.757. The lowest BCUT2D eigenvalue weighted by molar-refractivity contribution is 1.33. The zero-order valence-corrected chi connectivity index (χ0v) is 11.4. The van der Waals surface area contributed by atoms with Crippen LogP contribution in [0.4, 0.5) is 5.69 Å². The van der Waals surface area contributed by atoms with Crippen molar-refractivity contribution < 1.29 is 0 Å². The lowest BCUT2D eigenvalue weighted by Crippen LogP contribution is -1.94. The van der Waals surface area contributed by atoms with Crippen LogP contribution >= 0.6 is 46.4 Å². The molecule has 6 heteroatoms. The summed E-state index contributed by atoms with van der Waals surface area (Å²) in [6, 6.07) is 4.80. The SMILES string of the molecule is Nc1cc(Cl)cnc1-c1cc(Cl)cc(Cl)c1Cl. The lowest BCUT2D eigenvalue weighted by Gasteiger charge is -2.09. The minimum atomic E-state index is 0.352. The molecular formula is C11H6Cl4N2. The fraction of sp³-hybridized carbons (Fsp3) is 0. The molecule has 0 aliphatic rings. The van der Waals surface area contributed by atoms with Gasteiger partial charge in [0.1, 0.15) is 0 Å². The molecule has 0 radical (unpaired) electrons. The third-order valence-electron chi connectivity index (χ3n) is 2.13. The normalized spacial score (nSPS) is 10.6. The fourth-order valence-corrected chi connectivity index (χ4v) is 2.27. The Hall–Kier alpha value is -0.670. The first-order valence-electron chi connectivity index (χ1n) is 4.55. The molecule has 0 atom stereocenters. The van der Waals surface area contributed by atoms with E-state index in [0.717, 1.165) is 0 Å². The average molecular weight is 308 g/mol. The third kappa shape index (κ3) is 2.61. The summed E-state index contributed by atoms with van der Waals surface area (Å²) in [4.78, 5) is 4.13. The summed E-state index contributed by atoms with van der Waals surface area (Å²) in [6.45, 7) is 0. The summed E-state index contributed by atoms with van der Waals surface area (Å²) < 4.78 is 0. The molecule has 0 aliphatic carbocycles. The van der Waals surface area contributed by atoms with Gasteiger partial charge in [0.2, 0.25) is 0 Å². The van der Waals surface area contributed by atoms with Crippen molar-refractivity contribution in [2.75, 3.05) is 5.73 Å². The smallest absolute Gasteiger partial charge is 0.0948 e. The molecule has 0 fully saturated rings. The highest BCUT2D eigenvalue weighted by Crippen LogP contribution is 2.38. The number of hydrogen-bond donors (Lipinski definition) is 1. The summed E-state index contributed by atoms with van der Waals surface area (Å²) in [6.07, 6.45) is 1.48. The number of halogens is 4. The molecule has 1 aromatic heterocycles. The van der Waals surface area contributed by atoms with Crippen LogP contribution in [0.3, 0.4) is 0 Å². The van der Waals surface area contributed by atoms with E-state index < -0.39 is 0 Å². The van der Waals surface area contributed by atoms with E-state index in [2.05, 4.69) is 4.98 Å². The Morgan fingerprint density at radius 3 is 2.29 bits per heavy atom. The van der Waals surface area contributed by atoms with E-state index >= 15 is 0 Å². The van der Waals surface area contributed by atoms with Gasteiger partial charge in [-0.3, -0.25) is 4.98 Å². The van der Waals surface area contributed by atoms with Crippen LogP contribution in [-0.2, 0) is 0 Å². The Bertz CT molecular complexity index is 584.